The fourth-order valence-electron chi connectivity index (χ4n) is 12.8. The Balaban J connectivity index is 0.000000167. The van der Waals surface area contributed by atoms with E-state index in [9.17, 15) is 80.0 Å². The summed E-state index contributed by atoms with van der Waals surface area (Å²) in [4.78, 5) is 93.8. The second-order valence-corrected chi connectivity index (χ2v) is 36.6. The van der Waals surface area contributed by atoms with Crippen molar-refractivity contribution in [2.45, 2.75) is 201 Å². The molecule has 12 atom stereocenters. The molecule has 3 saturated heterocycles. The van der Waals surface area contributed by atoms with Gasteiger partial charge in [-0.2, -0.15) is 45.2 Å². The van der Waals surface area contributed by atoms with E-state index in [0.29, 0.717) is 56.6 Å². The Morgan fingerprint density at radius 3 is 1.13 bits per heavy atom. The average Bonchev–Trinajstić information content (AvgIpc) is 1.63. The van der Waals surface area contributed by atoms with Gasteiger partial charge in [-0.1, -0.05) is 45.4 Å². The van der Waals surface area contributed by atoms with Gasteiger partial charge in [0.05, 0.1) is 91.4 Å². The zero-order valence-electron chi connectivity index (χ0n) is 56.3. The van der Waals surface area contributed by atoms with Crippen molar-refractivity contribution in [3.05, 3.63) is 34.4 Å². The van der Waals surface area contributed by atoms with Crippen molar-refractivity contribution < 1.29 is 108 Å². The summed E-state index contributed by atoms with van der Waals surface area (Å²) < 4.78 is 121. The van der Waals surface area contributed by atoms with E-state index in [0.717, 1.165) is 83.3 Å². The van der Waals surface area contributed by atoms with Crippen LogP contribution in [0.1, 0.15) is 129 Å². The molecule has 0 spiro atoms. The standard InChI is InChI=1S/C19H28ClN6O7P.C19H29ClN5O8PS.C18H28ClN6O8PS/c1-10(27)21-8-15(34(29,30)31)32-9-12-6-14(28)18(33-12)26-17-13(7-22-26)16(24-19(20)25-17)23-11-4-2-3-5-11;1-2-35(30,31)10-15(34(27,28)29)32-9-12-7-14(26)18(33-12)25-17-13(8-21-25)16(23-19(20)24-17)22-11-5-3-4-6-11;1-35(30,31)21-8-14(34(27,28)29)32-9-11-6-13(26)17(33-11)25-16-12(7-20-25)15(23-18(19)24-16)22-10-4-2-3-5-10/h7,11-12,14-15,18,28H,2-6,8-9H2,1H3,(H,21,27)(H,23,24,25)(H2,29,30,31);8,11-12,14-15,18,26H,2-7,9-10H2,1H3,(H,22,23,24)(H2,27,28,29);7,10-11,13-14,17,21,26H,2-6,8-9H2,1H3,(H,22,23,24)(H2,27,28,29)/t2*12-,14+,15?,18+;11-,13+,14?,17+/m000/s1. The van der Waals surface area contributed by atoms with Crippen molar-refractivity contribution in [3.8, 4) is 0 Å². The van der Waals surface area contributed by atoms with Crippen LogP contribution in [0.3, 0.4) is 0 Å². The van der Waals surface area contributed by atoms with Gasteiger partial charge < -0.3 is 94.4 Å². The van der Waals surface area contributed by atoms with Crippen molar-refractivity contribution in [1.82, 2.24) is 69.3 Å². The van der Waals surface area contributed by atoms with Crippen molar-refractivity contribution in [1.29, 1.82) is 0 Å². The van der Waals surface area contributed by atoms with Crippen molar-refractivity contribution in [3.63, 3.8) is 0 Å². The van der Waals surface area contributed by atoms with E-state index in [2.05, 4.69) is 66.5 Å². The first kappa shape index (κ1) is 81.8. The van der Waals surface area contributed by atoms with Crippen LogP contribution in [-0.2, 0) is 66.8 Å². The van der Waals surface area contributed by atoms with Gasteiger partial charge in [0, 0.05) is 56.6 Å². The van der Waals surface area contributed by atoms with Gasteiger partial charge in [-0.15, -0.1) is 0 Å². The highest BCUT2D eigenvalue weighted by molar-refractivity contribution is 7.91. The highest BCUT2D eigenvalue weighted by Gasteiger charge is 2.44. The molecule has 12 rings (SSSR count). The zero-order chi connectivity index (χ0) is 75.2. The van der Waals surface area contributed by atoms with Gasteiger partial charge in [0.15, 0.2) is 63.0 Å². The van der Waals surface area contributed by atoms with Crippen molar-refractivity contribution in [2.24, 2.45) is 0 Å². The van der Waals surface area contributed by atoms with Gasteiger partial charge >= 0.3 is 22.8 Å². The minimum Gasteiger partial charge on any atom is -0.388 e. The maximum atomic E-state index is 11.9. The molecule has 6 fully saturated rings. The number of aromatic nitrogens is 12. The molecule has 0 radical (unpaired) electrons. The summed E-state index contributed by atoms with van der Waals surface area (Å²) in [5, 5.41) is 59.3. The molecule has 104 heavy (non-hydrogen) atoms. The summed E-state index contributed by atoms with van der Waals surface area (Å²) >= 11 is 18.5. The topological polar surface area (TPSA) is 565 Å². The van der Waals surface area contributed by atoms with E-state index < -0.39 is 134 Å². The Hall–Kier alpha value is -4.66. The smallest absolute Gasteiger partial charge is 0.355 e. The largest absolute Gasteiger partial charge is 0.388 e. The summed E-state index contributed by atoms with van der Waals surface area (Å²) in [5.74, 6) is -4.93. The number of carbonyl (C=O) groups is 1. The van der Waals surface area contributed by atoms with Crippen molar-refractivity contribution in [2.75, 3.05) is 66.6 Å². The molecule has 40 nitrogen and oxygen atoms in total. The van der Waals surface area contributed by atoms with Crippen LogP contribution in [0, 0.1) is 0 Å². The number of anilines is 3. The highest BCUT2D eigenvalue weighted by Crippen LogP contribution is 2.46. The number of nitrogens with one attached hydrogen (secondary N) is 5. The van der Waals surface area contributed by atoms with E-state index >= 15 is 0 Å². The highest BCUT2D eigenvalue weighted by atomic mass is 35.5. The quantitative estimate of drug-likeness (QED) is 0.0237. The molecule has 6 aliphatic rings. The van der Waals surface area contributed by atoms with E-state index in [4.69, 9.17) is 63.2 Å². The second-order valence-electron chi connectivity index (χ2n) is 26.1. The summed E-state index contributed by atoms with van der Waals surface area (Å²) in [5.41, 5.74) is 1.12. The summed E-state index contributed by atoms with van der Waals surface area (Å²) in [6.45, 7) is 0.825. The lowest BCUT2D eigenvalue weighted by molar-refractivity contribution is -0.119. The number of halogens is 3. The molecular weight excluding hydrogens is 1540 g/mol. The van der Waals surface area contributed by atoms with Crippen LogP contribution in [0.4, 0.5) is 17.5 Å². The van der Waals surface area contributed by atoms with Gasteiger partial charge in [0.25, 0.3) is 0 Å². The molecule has 3 unspecified atom stereocenters. The van der Waals surface area contributed by atoms with Crippen LogP contribution < -0.4 is 26.0 Å². The van der Waals surface area contributed by atoms with Gasteiger partial charge in [0.1, 0.15) is 35.8 Å². The SMILES string of the molecule is CC(=O)NCC(OC[C@@H]1C[C@@H](O)[C@H](n2ncc3c(NC4CCCC4)nc(Cl)nc32)O1)P(=O)(O)O.CCS(=O)(=O)CC(OC[C@@H]1C[C@@H](O)[C@H](n2ncc3c(NC4CCCC4)nc(Cl)nc32)O1)P(=O)(O)O.CS(=O)(=O)NCC(OC[C@@H]1C[C@@H](O)[C@H](n2ncc3c(NC4CCCC4)nc(Cl)nc32)O1)P(=O)(O)O. The first-order valence-electron chi connectivity index (χ1n) is 33.4. The van der Waals surface area contributed by atoms with Crippen LogP contribution in [0.25, 0.3) is 33.1 Å². The monoisotopic (exact) mass is 1630 g/mol. The molecule has 3 aliphatic carbocycles. The average molecular weight is 1630 g/mol. The molecule has 0 bridgehead atoms. The molecule has 6 aromatic heterocycles. The molecule has 6 aromatic rings. The van der Waals surface area contributed by atoms with Crippen LogP contribution >= 0.6 is 57.6 Å². The normalized spacial score (nSPS) is 24.8. The number of nitrogens with zero attached hydrogens (tertiary/aromatic N) is 12. The second kappa shape index (κ2) is 34.9. The van der Waals surface area contributed by atoms with Crippen LogP contribution in [0.2, 0.25) is 15.9 Å². The number of aliphatic hydroxyl groups excluding tert-OH is 3. The molecule has 3 aliphatic heterocycles. The van der Waals surface area contributed by atoms with E-state index in [-0.39, 0.29) is 79.3 Å². The number of rotatable bonds is 29. The number of hydrogen-bond acceptors (Lipinski definition) is 29. The van der Waals surface area contributed by atoms with Gasteiger partial charge in [-0.25, -0.2) is 35.6 Å². The lowest BCUT2D eigenvalue weighted by Gasteiger charge is -2.21. The first-order chi connectivity index (χ1) is 49.0. The summed E-state index contributed by atoms with van der Waals surface area (Å²) in [7, 11) is -21.6. The fourth-order valence-corrected chi connectivity index (χ4v) is 17.6. The molecule has 1 amide bonds. The Morgan fingerprint density at radius 2 is 0.846 bits per heavy atom. The Kier molecular flexibility index (Phi) is 27.5. The Labute approximate surface area is 610 Å². The van der Waals surface area contributed by atoms with E-state index in [1.807, 2.05) is 4.72 Å². The molecule has 3 saturated carbocycles. The predicted molar refractivity (Wildman–Crippen MR) is 373 cm³/mol. The van der Waals surface area contributed by atoms with E-state index in [1.54, 1.807) is 18.6 Å². The Bertz CT molecular complexity index is 4340. The summed E-state index contributed by atoms with van der Waals surface area (Å²) in [6, 6.07) is 0.856. The molecule has 48 heteroatoms. The lowest BCUT2D eigenvalue weighted by Crippen LogP contribution is -2.34. The van der Waals surface area contributed by atoms with E-state index in [1.165, 1.54) is 27.9 Å². The Morgan fingerprint density at radius 1 is 0.538 bits per heavy atom. The number of aliphatic hydroxyl groups is 3. The molecule has 14 N–H and O–H groups in total. The fraction of sp³-hybridized carbons (Fsp3) is 0.714. The van der Waals surface area contributed by atoms with Crippen molar-refractivity contribution >= 4 is 134 Å². The number of sulfonamides is 1. The molecule has 580 valence electrons. The third kappa shape index (κ3) is 21.9. The minimum atomic E-state index is -4.85. The maximum Gasteiger partial charge on any atom is 0.355 e. The number of sulfone groups is 1. The lowest BCUT2D eigenvalue weighted by atomic mass is 10.2. The number of fused-ring (bicyclic) bond motifs is 3. The third-order valence-corrected chi connectivity index (χ3v) is 24.4. The van der Waals surface area contributed by atoms with Gasteiger partial charge in [-0.05, 0) is 73.3 Å². The molecule has 9 heterocycles. The van der Waals surface area contributed by atoms with Crippen LogP contribution in [0.15, 0.2) is 18.6 Å². The maximum absolute atomic E-state index is 11.9. The van der Waals surface area contributed by atoms with Crippen LogP contribution in [0.5, 0.6) is 0 Å². The summed E-state index contributed by atoms with van der Waals surface area (Å²) in [6.07, 6.45) is 10.9. The van der Waals surface area contributed by atoms with Gasteiger partial charge in [-0.3, -0.25) is 18.5 Å². The minimum absolute atomic E-state index is 0.00809. The third-order valence-electron chi connectivity index (χ3n) is 18.0. The first-order valence-corrected chi connectivity index (χ1v) is 43.3. The zero-order valence-corrected chi connectivity index (χ0v) is 62.9. The number of carbonyl (C=O) groups excluding carboxylic acids is 1. The molecule has 0 aromatic carbocycles. The van der Waals surface area contributed by atoms with Gasteiger partial charge in [0.2, 0.25) is 31.8 Å². The number of hydrogen-bond donors (Lipinski definition) is 14. The number of ether oxygens (including phenoxy) is 6. The molecular formula is C56H85Cl3N17O23P3S2. The number of amides is 1. The van der Waals surface area contributed by atoms with Crippen LogP contribution in [-0.4, -0.2) is 250 Å². The predicted octanol–water partition coefficient (Wildman–Crippen LogP) is 3.13.